The van der Waals surface area contributed by atoms with E-state index in [0.29, 0.717) is 6.54 Å². The minimum atomic E-state index is -0.986. The minimum Gasteiger partial charge on any atom is -0.508 e. The van der Waals surface area contributed by atoms with E-state index >= 15 is 0 Å². The molecule has 1 aliphatic heterocycles. The van der Waals surface area contributed by atoms with E-state index in [0.717, 1.165) is 60.7 Å². The van der Waals surface area contributed by atoms with Gasteiger partial charge in [-0.15, -0.1) is 0 Å². The van der Waals surface area contributed by atoms with Crippen molar-refractivity contribution in [3.05, 3.63) is 101 Å². The summed E-state index contributed by atoms with van der Waals surface area (Å²) < 4.78 is 0. The number of anilines is 1. The Balaban J connectivity index is 0.000000298. The molecule has 202 valence electrons. The third kappa shape index (κ3) is 7.28. The smallest absolute Gasteiger partial charge is 0.335 e. The molecule has 2 heterocycles. The number of carboxylic acids is 1. The van der Waals surface area contributed by atoms with Gasteiger partial charge in [0.1, 0.15) is 5.75 Å². The number of hydrogen-bond acceptors (Lipinski definition) is 4. The van der Waals surface area contributed by atoms with Gasteiger partial charge in [-0.2, -0.15) is 0 Å². The Morgan fingerprint density at radius 1 is 1.10 bits per heavy atom. The third-order valence-corrected chi connectivity index (χ3v) is 7.13. The van der Waals surface area contributed by atoms with Crippen molar-refractivity contribution in [2.24, 2.45) is 0 Å². The molecule has 0 spiro atoms. The molecule has 3 aromatic carbocycles. The lowest BCUT2D eigenvalue weighted by Crippen LogP contribution is -2.27. The molecule has 3 N–H and O–H groups in total. The lowest BCUT2D eigenvalue weighted by Gasteiger charge is -2.24. The van der Waals surface area contributed by atoms with Gasteiger partial charge in [-0.05, 0) is 85.1 Å². The fourth-order valence-electron chi connectivity index (χ4n) is 4.54. The number of aromatic amines is 1. The van der Waals surface area contributed by atoms with Crippen LogP contribution in [0.2, 0.25) is 5.02 Å². The van der Waals surface area contributed by atoms with E-state index < -0.39 is 5.97 Å². The van der Waals surface area contributed by atoms with E-state index in [1.54, 1.807) is 4.90 Å². The first-order valence-electron chi connectivity index (χ1n) is 12.9. The molecule has 1 aliphatic rings. The Bertz CT molecular complexity index is 1450. The SMILES string of the molecule is CCN1CC=C(c2c[nH]c3ccc(N(C=O)CCc4ccc(Cl)cc4)cc23)CC1.O=C(O)c1ccc(O)cc1. The second kappa shape index (κ2) is 13.1. The maximum absolute atomic E-state index is 11.8. The highest BCUT2D eigenvalue weighted by Gasteiger charge is 2.16. The van der Waals surface area contributed by atoms with Crippen molar-refractivity contribution in [2.75, 3.05) is 31.1 Å². The van der Waals surface area contributed by atoms with Crippen molar-refractivity contribution in [1.82, 2.24) is 9.88 Å². The van der Waals surface area contributed by atoms with Crippen molar-refractivity contribution in [3.8, 4) is 5.75 Å². The zero-order chi connectivity index (χ0) is 27.8. The average Bonchev–Trinajstić information content (AvgIpc) is 3.38. The average molecular weight is 546 g/mol. The van der Waals surface area contributed by atoms with Crippen LogP contribution in [-0.2, 0) is 11.2 Å². The van der Waals surface area contributed by atoms with Crippen molar-refractivity contribution < 1.29 is 19.8 Å². The number of phenols is 1. The van der Waals surface area contributed by atoms with Crippen molar-refractivity contribution >= 4 is 46.1 Å². The van der Waals surface area contributed by atoms with Crippen LogP contribution in [0.15, 0.2) is 79.0 Å². The monoisotopic (exact) mass is 545 g/mol. The van der Waals surface area contributed by atoms with Gasteiger partial charge in [0, 0.05) is 53.0 Å². The van der Waals surface area contributed by atoms with Crippen LogP contribution < -0.4 is 4.90 Å². The van der Waals surface area contributed by atoms with Gasteiger partial charge < -0.3 is 20.1 Å². The predicted molar refractivity (Wildman–Crippen MR) is 157 cm³/mol. The van der Waals surface area contributed by atoms with Crippen LogP contribution in [0.3, 0.4) is 0 Å². The number of carbonyl (C=O) groups is 2. The summed E-state index contributed by atoms with van der Waals surface area (Å²) in [5.74, 6) is -0.912. The first kappa shape index (κ1) is 28.0. The Morgan fingerprint density at radius 3 is 2.46 bits per heavy atom. The van der Waals surface area contributed by atoms with Crippen LogP contribution in [0.4, 0.5) is 5.69 Å². The molecular formula is C31H32ClN3O4. The number of aromatic carboxylic acids is 1. The molecule has 1 aromatic heterocycles. The number of amides is 1. The predicted octanol–water partition coefficient (Wildman–Crippen LogP) is 6.23. The number of carboxylic acid groups (broad SMARTS) is 1. The van der Waals surface area contributed by atoms with E-state index in [1.165, 1.54) is 40.8 Å². The number of benzene rings is 3. The lowest BCUT2D eigenvalue weighted by atomic mass is 9.98. The molecule has 0 aliphatic carbocycles. The summed E-state index contributed by atoms with van der Waals surface area (Å²) in [5.41, 5.74) is 6.01. The van der Waals surface area contributed by atoms with E-state index in [1.807, 2.05) is 30.3 Å². The number of carbonyl (C=O) groups excluding carboxylic acids is 1. The summed E-state index contributed by atoms with van der Waals surface area (Å²) in [5, 5.41) is 19.0. The quantitative estimate of drug-likeness (QED) is 0.228. The minimum absolute atomic E-state index is 0.0741. The molecule has 7 nitrogen and oxygen atoms in total. The van der Waals surface area contributed by atoms with E-state index in [-0.39, 0.29) is 11.3 Å². The molecule has 1 amide bonds. The number of rotatable bonds is 8. The van der Waals surface area contributed by atoms with Crippen LogP contribution in [-0.4, -0.2) is 58.7 Å². The zero-order valence-electron chi connectivity index (χ0n) is 21.8. The Hall–Kier alpha value is -4.07. The number of hydrogen-bond donors (Lipinski definition) is 3. The first-order chi connectivity index (χ1) is 18.9. The molecule has 0 radical (unpaired) electrons. The van der Waals surface area contributed by atoms with Crippen LogP contribution in [0.5, 0.6) is 5.75 Å². The second-order valence-corrected chi connectivity index (χ2v) is 9.77. The molecule has 39 heavy (non-hydrogen) atoms. The van der Waals surface area contributed by atoms with Crippen molar-refractivity contribution in [2.45, 2.75) is 19.8 Å². The van der Waals surface area contributed by atoms with E-state index in [2.05, 4.69) is 41.2 Å². The van der Waals surface area contributed by atoms with E-state index in [4.69, 9.17) is 21.8 Å². The van der Waals surface area contributed by atoms with Gasteiger partial charge in [-0.1, -0.05) is 36.7 Å². The van der Waals surface area contributed by atoms with Crippen molar-refractivity contribution in [3.63, 3.8) is 0 Å². The van der Waals surface area contributed by atoms with Crippen LogP contribution in [0.1, 0.15) is 34.8 Å². The Morgan fingerprint density at radius 2 is 1.85 bits per heavy atom. The van der Waals surface area contributed by atoms with Crippen LogP contribution >= 0.6 is 11.6 Å². The number of fused-ring (bicyclic) bond motifs is 1. The van der Waals surface area contributed by atoms with Crippen molar-refractivity contribution in [1.29, 1.82) is 0 Å². The van der Waals surface area contributed by atoms with Crippen LogP contribution in [0, 0.1) is 0 Å². The Kier molecular flexibility index (Phi) is 9.41. The zero-order valence-corrected chi connectivity index (χ0v) is 22.6. The molecule has 0 saturated carbocycles. The number of phenolic OH excluding ortho intramolecular Hbond substituents is 1. The standard InChI is InChI=1S/C24H26ClN3O.C7H6O3/c1-2-27-12-10-19(11-13-27)23-16-26-24-8-7-21(15-22(23)24)28(17-29)14-9-18-3-5-20(25)6-4-18;8-6-3-1-5(2-4-6)7(9)10/h3-8,10,15-17,26H,2,9,11-14H2,1H3;1-4,8H,(H,9,10). The molecule has 0 atom stereocenters. The van der Waals surface area contributed by atoms with E-state index in [9.17, 15) is 9.59 Å². The van der Waals surface area contributed by atoms with Gasteiger partial charge in [0.25, 0.3) is 0 Å². The largest absolute Gasteiger partial charge is 0.508 e. The van der Waals surface area contributed by atoms with Crippen LogP contribution in [0.25, 0.3) is 16.5 Å². The molecule has 5 rings (SSSR count). The normalized spacial score (nSPS) is 13.3. The summed E-state index contributed by atoms with van der Waals surface area (Å²) in [6.45, 7) is 6.01. The first-order valence-corrected chi connectivity index (χ1v) is 13.3. The maximum Gasteiger partial charge on any atom is 0.335 e. The maximum atomic E-state index is 11.8. The number of aromatic nitrogens is 1. The molecular weight excluding hydrogens is 514 g/mol. The molecule has 4 aromatic rings. The molecule has 0 bridgehead atoms. The second-order valence-electron chi connectivity index (χ2n) is 9.33. The summed E-state index contributed by atoms with van der Waals surface area (Å²) in [4.78, 5) is 29.6. The number of halogens is 1. The highest BCUT2D eigenvalue weighted by atomic mass is 35.5. The fourth-order valence-corrected chi connectivity index (χ4v) is 4.67. The fraction of sp³-hybridized carbons (Fsp3) is 0.226. The van der Waals surface area contributed by atoms with Gasteiger partial charge in [0.2, 0.25) is 6.41 Å². The highest BCUT2D eigenvalue weighted by Crippen LogP contribution is 2.31. The number of nitrogens with one attached hydrogen (secondary N) is 1. The summed E-state index contributed by atoms with van der Waals surface area (Å²) in [6, 6.07) is 19.4. The van der Waals surface area contributed by atoms with Gasteiger partial charge >= 0.3 is 5.97 Å². The van der Waals surface area contributed by atoms with Gasteiger partial charge in [-0.25, -0.2) is 4.79 Å². The molecule has 8 heteroatoms. The van der Waals surface area contributed by atoms with Gasteiger partial charge in [-0.3, -0.25) is 9.69 Å². The summed E-state index contributed by atoms with van der Waals surface area (Å²) in [7, 11) is 0. The third-order valence-electron chi connectivity index (χ3n) is 6.88. The summed E-state index contributed by atoms with van der Waals surface area (Å²) >= 11 is 5.96. The van der Waals surface area contributed by atoms with Gasteiger partial charge in [0.05, 0.1) is 5.56 Å². The number of likely N-dealkylation sites (N-methyl/N-ethyl adjacent to an activating group) is 1. The number of aromatic hydroxyl groups is 1. The molecule has 0 unspecified atom stereocenters. The number of nitrogens with zero attached hydrogens (tertiary/aromatic N) is 2. The highest BCUT2D eigenvalue weighted by molar-refractivity contribution is 6.30. The molecule has 0 saturated heterocycles. The Labute approximate surface area is 232 Å². The number of H-pyrrole nitrogens is 1. The topological polar surface area (TPSA) is 96.9 Å². The summed E-state index contributed by atoms with van der Waals surface area (Å²) in [6.07, 6.45) is 7.19. The lowest BCUT2D eigenvalue weighted by molar-refractivity contribution is -0.107. The molecule has 0 fully saturated rings. The van der Waals surface area contributed by atoms with Gasteiger partial charge in [0.15, 0.2) is 0 Å².